The minimum atomic E-state index is -1.08. The summed E-state index contributed by atoms with van der Waals surface area (Å²) in [5, 5.41) is 6.90. The molecule has 0 aliphatic heterocycles. The molecule has 3 aromatic rings. The Morgan fingerprint density at radius 2 is 1.83 bits per heavy atom. The van der Waals surface area contributed by atoms with Crippen LogP contribution in [0.25, 0.3) is 16.9 Å². The van der Waals surface area contributed by atoms with Gasteiger partial charge in [-0.25, -0.2) is 13.2 Å². The lowest BCUT2D eigenvalue weighted by Gasteiger charge is -2.16. The quantitative estimate of drug-likeness (QED) is 0.720. The van der Waals surface area contributed by atoms with Crippen LogP contribution in [-0.4, -0.2) is 26.1 Å². The first kappa shape index (κ1) is 16.5. The third-order valence-corrected chi connectivity index (χ3v) is 3.59. The fourth-order valence-corrected chi connectivity index (χ4v) is 2.54. The lowest BCUT2D eigenvalue weighted by Crippen LogP contribution is -2.14. The summed E-state index contributed by atoms with van der Waals surface area (Å²) in [5.41, 5.74) is -0.511. The Hall–Kier alpha value is -2.35. The van der Waals surface area contributed by atoms with E-state index < -0.39 is 23.0 Å². The third kappa shape index (κ3) is 2.89. The lowest BCUT2D eigenvalue weighted by atomic mass is 10.1. The zero-order chi connectivity index (χ0) is 17.4. The van der Waals surface area contributed by atoms with Crippen molar-refractivity contribution < 1.29 is 13.2 Å². The molecule has 0 aliphatic carbocycles. The van der Waals surface area contributed by atoms with E-state index in [-0.39, 0.29) is 28.2 Å². The van der Waals surface area contributed by atoms with Crippen LogP contribution in [0, 0.1) is 23.4 Å². The van der Waals surface area contributed by atoms with Crippen molar-refractivity contribution in [2.24, 2.45) is 5.92 Å². The van der Waals surface area contributed by atoms with Gasteiger partial charge in [-0.15, -0.1) is 0 Å². The van der Waals surface area contributed by atoms with Crippen molar-refractivity contribution in [3.63, 3.8) is 0 Å². The largest absolute Gasteiger partial charge is 0.369 e. The van der Waals surface area contributed by atoms with Crippen LogP contribution in [0.2, 0.25) is 5.15 Å². The Morgan fingerprint density at radius 1 is 1.17 bits per heavy atom. The lowest BCUT2D eigenvalue weighted by molar-refractivity contribution is 0.548. The number of anilines is 1. The fraction of sp³-hybridized carbons (Fsp3) is 0.267. The molecular formula is C15H13ClF3N5. The number of fused-ring (bicyclic) bond motifs is 1. The molecule has 2 aromatic heterocycles. The maximum absolute atomic E-state index is 14.2. The van der Waals surface area contributed by atoms with Gasteiger partial charge >= 0.3 is 0 Å². The Kier molecular flexibility index (Phi) is 4.31. The van der Waals surface area contributed by atoms with Gasteiger partial charge in [-0.3, -0.25) is 0 Å². The van der Waals surface area contributed by atoms with Crippen LogP contribution in [0.3, 0.4) is 0 Å². The second-order valence-corrected chi connectivity index (χ2v) is 5.98. The molecule has 126 valence electrons. The number of halogens is 4. The highest BCUT2D eigenvalue weighted by Gasteiger charge is 2.24. The molecule has 0 unspecified atom stereocenters. The highest BCUT2D eigenvalue weighted by atomic mass is 35.5. The van der Waals surface area contributed by atoms with E-state index in [9.17, 15) is 13.2 Å². The van der Waals surface area contributed by atoms with Gasteiger partial charge in [-0.2, -0.15) is 19.6 Å². The standard InChI is InChI=1S/C15H13ClF3N5/c1-7(2)5-20-14-12(11-9(18)3-8(17)4-10(11)19)13(16)23-15-21-6-22-24(14)15/h3-4,6-7,20H,5H2,1-2H3. The Morgan fingerprint density at radius 3 is 2.46 bits per heavy atom. The van der Waals surface area contributed by atoms with Gasteiger partial charge in [-0.1, -0.05) is 25.4 Å². The highest BCUT2D eigenvalue weighted by molar-refractivity contribution is 6.33. The molecule has 0 aliphatic rings. The Bertz CT molecular complexity index is 887. The predicted molar refractivity (Wildman–Crippen MR) is 84.4 cm³/mol. The summed E-state index contributed by atoms with van der Waals surface area (Å²) in [4.78, 5) is 7.92. The first-order chi connectivity index (χ1) is 11.4. The third-order valence-electron chi connectivity index (χ3n) is 3.32. The van der Waals surface area contributed by atoms with Crippen molar-refractivity contribution in [1.29, 1.82) is 0 Å². The van der Waals surface area contributed by atoms with Gasteiger partial charge in [0.25, 0.3) is 5.78 Å². The molecule has 0 saturated carbocycles. The van der Waals surface area contributed by atoms with Crippen LogP contribution in [0.1, 0.15) is 13.8 Å². The fourth-order valence-electron chi connectivity index (χ4n) is 2.28. The molecule has 5 nitrogen and oxygen atoms in total. The first-order valence-corrected chi connectivity index (χ1v) is 7.54. The molecule has 0 saturated heterocycles. The van der Waals surface area contributed by atoms with E-state index in [1.54, 1.807) is 0 Å². The van der Waals surface area contributed by atoms with E-state index in [1.165, 1.54) is 10.8 Å². The second kappa shape index (κ2) is 6.27. The zero-order valence-electron chi connectivity index (χ0n) is 12.8. The minimum absolute atomic E-state index is 0.0367. The van der Waals surface area contributed by atoms with Gasteiger partial charge < -0.3 is 5.32 Å². The van der Waals surface area contributed by atoms with Gasteiger partial charge in [-0.05, 0) is 5.92 Å². The molecule has 0 bridgehead atoms. The number of nitrogens with zero attached hydrogens (tertiary/aromatic N) is 4. The molecule has 1 N–H and O–H groups in total. The van der Waals surface area contributed by atoms with Crippen molar-refractivity contribution in [2.75, 3.05) is 11.9 Å². The van der Waals surface area contributed by atoms with Crippen molar-refractivity contribution in [2.45, 2.75) is 13.8 Å². The Labute approximate surface area is 140 Å². The summed E-state index contributed by atoms with van der Waals surface area (Å²) in [5.74, 6) is -2.52. The van der Waals surface area contributed by atoms with Crippen LogP contribution >= 0.6 is 11.6 Å². The van der Waals surface area contributed by atoms with Crippen LogP contribution in [0.4, 0.5) is 19.0 Å². The van der Waals surface area contributed by atoms with Gasteiger partial charge in [0.1, 0.15) is 34.7 Å². The zero-order valence-corrected chi connectivity index (χ0v) is 13.6. The van der Waals surface area contributed by atoms with Gasteiger partial charge in [0.2, 0.25) is 0 Å². The van der Waals surface area contributed by atoms with Gasteiger partial charge in [0.15, 0.2) is 0 Å². The SMILES string of the molecule is CC(C)CNc1c(-c2c(F)cc(F)cc2F)c(Cl)nc2ncnn12. The maximum Gasteiger partial charge on any atom is 0.255 e. The van der Waals surface area contributed by atoms with E-state index >= 15 is 0 Å². The van der Waals surface area contributed by atoms with Crippen LogP contribution in [0.5, 0.6) is 0 Å². The van der Waals surface area contributed by atoms with E-state index in [2.05, 4.69) is 20.4 Å². The van der Waals surface area contributed by atoms with E-state index in [0.29, 0.717) is 18.7 Å². The predicted octanol–water partition coefficient (Wildman–Crippen LogP) is 3.93. The monoisotopic (exact) mass is 355 g/mol. The summed E-state index contributed by atoms with van der Waals surface area (Å²) >= 11 is 6.14. The van der Waals surface area contributed by atoms with Crippen molar-refractivity contribution in [1.82, 2.24) is 19.6 Å². The topological polar surface area (TPSA) is 55.1 Å². The molecule has 2 heterocycles. The Balaban J connectivity index is 2.30. The smallest absolute Gasteiger partial charge is 0.255 e. The number of rotatable bonds is 4. The average molecular weight is 356 g/mol. The number of benzene rings is 1. The van der Waals surface area contributed by atoms with Crippen LogP contribution < -0.4 is 5.32 Å². The van der Waals surface area contributed by atoms with Gasteiger partial charge in [0.05, 0.1) is 11.1 Å². The number of hydrogen-bond acceptors (Lipinski definition) is 4. The maximum atomic E-state index is 14.2. The van der Waals surface area contributed by atoms with Gasteiger partial charge in [0, 0.05) is 18.7 Å². The second-order valence-electron chi connectivity index (χ2n) is 5.62. The molecule has 0 radical (unpaired) electrons. The van der Waals surface area contributed by atoms with Crippen molar-refractivity contribution >= 4 is 23.2 Å². The molecule has 9 heteroatoms. The van der Waals surface area contributed by atoms with Crippen LogP contribution in [0.15, 0.2) is 18.5 Å². The molecule has 0 spiro atoms. The summed E-state index contributed by atoms with van der Waals surface area (Å²) in [6.07, 6.45) is 1.25. The highest BCUT2D eigenvalue weighted by Crippen LogP contribution is 2.37. The molecule has 1 aromatic carbocycles. The molecular weight excluding hydrogens is 343 g/mol. The van der Waals surface area contributed by atoms with Crippen molar-refractivity contribution in [3.8, 4) is 11.1 Å². The normalized spacial score (nSPS) is 11.5. The number of aromatic nitrogens is 4. The van der Waals surface area contributed by atoms with Crippen molar-refractivity contribution in [3.05, 3.63) is 41.1 Å². The summed E-state index contributed by atoms with van der Waals surface area (Å²) < 4.78 is 43.0. The number of nitrogens with one attached hydrogen (secondary N) is 1. The average Bonchev–Trinajstić information content (AvgIpc) is 2.93. The minimum Gasteiger partial charge on any atom is -0.369 e. The summed E-state index contributed by atoms with van der Waals surface area (Å²) in [6.45, 7) is 4.42. The molecule has 24 heavy (non-hydrogen) atoms. The molecule has 0 fully saturated rings. The molecule has 3 rings (SSSR count). The van der Waals surface area contributed by atoms with E-state index in [1.807, 2.05) is 13.8 Å². The molecule has 0 atom stereocenters. The van der Waals surface area contributed by atoms with E-state index in [4.69, 9.17) is 11.6 Å². The van der Waals surface area contributed by atoms with E-state index in [0.717, 1.165) is 0 Å². The van der Waals surface area contributed by atoms with Crippen LogP contribution in [-0.2, 0) is 0 Å². The number of hydrogen-bond donors (Lipinski definition) is 1. The first-order valence-electron chi connectivity index (χ1n) is 7.16. The molecule has 0 amide bonds. The summed E-state index contributed by atoms with van der Waals surface area (Å²) in [7, 11) is 0. The summed E-state index contributed by atoms with van der Waals surface area (Å²) in [6, 6.07) is 1.18.